The average Bonchev–Trinajstić information content (AvgIpc) is 3.23. The molecule has 6 amide bonds. The Hall–Kier alpha value is -7.57. The third kappa shape index (κ3) is 12.9. The number of benzene rings is 3. The van der Waals surface area contributed by atoms with E-state index in [-0.39, 0.29) is 64.2 Å². The van der Waals surface area contributed by atoms with Gasteiger partial charge in [-0.3, -0.25) is 24.0 Å². The number of rotatable bonds is 11. The van der Waals surface area contributed by atoms with Crippen LogP contribution in [0.4, 0.5) is 10.5 Å². The first-order valence-corrected chi connectivity index (χ1v) is 21.9. The van der Waals surface area contributed by atoms with Gasteiger partial charge in [-0.2, -0.15) is 0 Å². The molecule has 362 valence electrons. The molecule has 5 rings (SSSR count). The van der Waals surface area contributed by atoms with Gasteiger partial charge in [0.1, 0.15) is 41.8 Å². The maximum Gasteiger partial charge on any atom is 0.407 e. The summed E-state index contributed by atoms with van der Waals surface area (Å²) in [6.45, 7) is 16.6. The van der Waals surface area contributed by atoms with Crippen molar-refractivity contribution in [1.82, 2.24) is 36.1 Å². The van der Waals surface area contributed by atoms with E-state index in [4.69, 9.17) is 9.47 Å². The summed E-state index contributed by atoms with van der Waals surface area (Å²) in [5.74, 6) is -4.97. The van der Waals surface area contributed by atoms with Crippen molar-refractivity contribution in [2.75, 3.05) is 32.1 Å². The molecule has 19 heteroatoms. The fraction of sp³-hybridized carbons (Fsp3) is 0.408. The first kappa shape index (κ1) is 51.4. The van der Waals surface area contributed by atoms with Gasteiger partial charge in [-0.1, -0.05) is 51.1 Å². The van der Waals surface area contributed by atoms with E-state index in [1.807, 2.05) is 24.3 Å². The molecule has 3 atom stereocenters. The third-order valence-electron chi connectivity index (χ3n) is 10.9. The number of nitrogens with zero attached hydrogens (tertiary/aromatic N) is 3. The molecule has 0 radical (unpaired) electrons. The van der Waals surface area contributed by atoms with Crippen LogP contribution < -0.4 is 31.3 Å². The lowest BCUT2D eigenvalue weighted by atomic mass is 9.86. The highest BCUT2D eigenvalue weighted by atomic mass is 16.6. The second-order valence-electron chi connectivity index (χ2n) is 18.6. The van der Waals surface area contributed by atoms with E-state index in [0.717, 1.165) is 16.0 Å². The van der Waals surface area contributed by atoms with E-state index in [0.29, 0.717) is 17.2 Å². The number of aryl methyl sites for hydroxylation is 2. The lowest BCUT2D eigenvalue weighted by Crippen LogP contribution is -2.53. The first-order chi connectivity index (χ1) is 31.7. The average molecular weight is 937 g/mol. The monoisotopic (exact) mass is 936 g/mol. The summed E-state index contributed by atoms with van der Waals surface area (Å²) >= 11 is 0. The Kier molecular flexibility index (Phi) is 15.8. The Balaban J connectivity index is 1.53. The molecule has 2 heterocycles. The van der Waals surface area contributed by atoms with Crippen LogP contribution in [0.25, 0.3) is 22.5 Å². The number of amides is 6. The van der Waals surface area contributed by atoms with Crippen molar-refractivity contribution < 1.29 is 53.2 Å². The fourth-order valence-corrected chi connectivity index (χ4v) is 7.43. The normalized spacial score (nSPS) is 16.2. The second-order valence-corrected chi connectivity index (χ2v) is 18.6. The number of phenolic OH excluding ortho intramolecular Hbond substituents is 1. The fourth-order valence-electron chi connectivity index (χ4n) is 7.43. The highest BCUT2D eigenvalue weighted by Crippen LogP contribution is 2.43. The Morgan fingerprint density at radius 1 is 0.868 bits per heavy atom. The summed E-state index contributed by atoms with van der Waals surface area (Å²) in [5.41, 5.74) is 2.47. The van der Waals surface area contributed by atoms with Crippen molar-refractivity contribution in [1.29, 1.82) is 0 Å². The number of ether oxygens (including phenoxy) is 2. The van der Waals surface area contributed by atoms with E-state index in [1.54, 1.807) is 34.6 Å². The van der Waals surface area contributed by atoms with Crippen LogP contribution in [-0.4, -0.2) is 111 Å². The van der Waals surface area contributed by atoms with Crippen LogP contribution in [0, 0.1) is 13.8 Å². The van der Waals surface area contributed by atoms with Crippen LogP contribution in [0.5, 0.6) is 11.5 Å². The van der Waals surface area contributed by atoms with Crippen LogP contribution >= 0.6 is 0 Å². The van der Waals surface area contributed by atoms with Crippen molar-refractivity contribution in [3.8, 4) is 34.0 Å². The van der Waals surface area contributed by atoms with Crippen molar-refractivity contribution in [2.45, 2.75) is 105 Å². The maximum atomic E-state index is 14.4. The number of aromatic nitrogens is 2. The van der Waals surface area contributed by atoms with E-state index >= 15 is 0 Å². The number of carbonyl (C=O) groups is 7. The molecule has 0 aliphatic carbocycles. The highest BCUT2D eigenvalue weighted by molar-refractivity contribution is 6.00. The summed E-state index contributed by atoms with van der Waals surface area (Å²) < 4.78 is 11.4. The van der Waals surface area contributed by atoms with Crippen molar-refractivity contribution in [2.24, 2.45) is 0 Å². The van der Waals surface area contributed by atoms with Crippen LogP contribution in [0.3, 0.4) is 0 Å². The number of fused-ring (bicyclic) bond motifs is 5. The number of carbonyl (C=O) groups excluding carboxylic acids is 6. The molecule has 19 nitrogen and oxygen atoms in total. The zero-order valence-electron chi connectivity index (χ0n) is 40.2. The molecule has 1 aromatic heterocycles. The third-order valence-corrected chi connectivity index (χ3v) is 10.9. The number of hydrogen-bond acceptors (Lipinski definition) is 12. The lowest BCUT2D eigenvalue weighted by Gasteiger charge is -2.30. The quantitative estimate of drug-likeness (QED) is 0.0784. The van der Waals surface area contributed by atoms with E-state index < -0.39 is 77.6 Å². The summed E-state index contributed by atoms with van der Waals surface area (Å²) in [5, 5.41) is 34.7. The lowest BCUT2D eigenvalue weighted by molar-refractivity contribution is -0.142. The molecular weight excluding hydrogens is 877 g/mol. The molecule has 3 aromatic carbocycles. The molecule has 1 aliphatic heterocycles. The molecule has 0 spiro atoms. The number of likely N-dealkylation sites (N-methyl/N-ethyl adjacent to an activating group) is 1. The molecule has 7 N–H and O–H groups in total. The van der Waals surface area contributed by atoms with Crippen molar-refractivity contribution >= 4 is 47.3 Å². The van der Waals surface area contributed by atoms with Gasteiger partial charge in [0, 0.05) is 37.1 Å². The van der Waals surface area contributed by atoms with Gasteiger partial charge in [-0.05, 0) is 87.9 Å². The molecule has 0 saturated heterocycles. The zero-order chi connectivity index (χ0) is 50.4. The van der Waals surface area contributed by atoms with Gasteiger partial charge in [0.05, 0.1) is 35.7 Å². The molecule has 0 saturated carbocycles. The number of nitrogens with one attached hydrogen (secondary N) is 5. The largest absolute Gasteiger partial charge is 0.505 e. The minimum atomic E-state index is -1.54. The van der Waals surface area contributed by atoms with Gasteiger partial charge < -0.3 is 51.2 Å². The van der Waals surface area contributed by atoms with Gasteiger partial charge >= 0.3 is 12.1 Å². The molecule has 0 unspecified atom stereocenters. The van der Waals surface area contributed by atoms with E-state index in [2.05, 4.69) is 57.3 Å². The standard InChI is InChI=1S/C49H60N8O11/c1-25-39(26(2)53-42(52-25)30-12-15-32(16-13-30)48(5,6)7)44(62)51-24-38(59)57(11)40-31-14-17-37(67-19-18-50-47(66)68-49(8,9)10)33(23-31)34-20-29(21-35(41(34)60)55-28(4)58)22-36(46(64)65)56-43(61)27(3)54-45(40)63/h12-17,20-21,23,27,36,40,60H,18-19,22,24H2,1-11H3,(H,50,66)(H,51,62)(H,54,63)(H,55,58)(H,56,61)(H,64,65)/t27-,36-,40-/m0/s1. The molecular formula is C49H60N8O11. The highest BCUT2D eigenvalue weighted by Gasteiger charge is 2.34. The Morgan fingerprint density at radius 2 is 1.51 bits per heavy atom. The van der Waals surface area contributed by atoms with Gasteiger partial charge in [0.25, 0.3) is 5.91 Å². The van der Waals surface area contributed by atoms with Crippen LogP contribution in [0.15, 0.2) is 54.6 Å². The predicted octanol–water partition coefficient (Wildman–Crippen LogP) is 4.85. The van der Waals surface area contributed by atoms with Gasteiger partial charge in [0.15, 0.2) is 5.82 Å². The number of carboxylic acids is 1. The smallest absolute Gasteiger partial charge is 0.407 e. The Bertz CT molecular complexity index is 2600. The summed E-state index contributed by atoms with van der Waals surface area (Å²) in [4.78, 5) is 103. The minimum absolute atomic E-state index is 0.0189. The van der Waals surface area contributed by atoms with Gasteiger partial charge in [-0.15, -0.1) is 0 Å². The number of hydrogen-bond donors (Lipinski definition) is 7. The second kappa shape index (κ2) is 20.9. The zero-order valence-corrected chi connectivity index (χ0v) is 40.2. The number of aliphatic carboxylic acids is 1. The predicted molar refractivity (Wildman–Crippen MR) is 252 cm³/mol. The van der Waals surface area contributed by atoms with Gasteiger partial charge in [0.2, 0.25) is 23.6 Å². The molecule has 0 fully saturated rings. The van der Waals surface area contributed by atoms with E-state index in [1.165, 1.54) is 51.2 Å². The number of aromatic hydroxyl groups is 1. The Labute approximate surface area is 394 Å². The minimum Gasteiger partial charge on any atom is -0.505 e. The SMILES string of the molecule is CC(=O)Nc1cc2cc(c1O)-c1cc(ccc1OCCNC(=O)OC(C)(C)C)[C@H](N(C)C(=O)CNC(=O)c1c(C)nc(-c3ccc(C(C)(C)C)cc3)nc1C)C(=O)N[C@@H](C)C(=O)N[C@H](C(=O)O)C2. The number of alkyl carbamates (subject to hydrolysis) is 1. The van der Waals surface area contributed by atoms with Crippen LogP contribution in [0.2, 0.25) is 0 Å². The van der Waals surface area contributed by atoms with Gasteiger partial charge in [-0.25, -0.2) is 19.6 Å². The first-order valence-electron chi connectivity index (χ1n) is 21.9. The van der Waals surface area contributed by atoms with Crippen LogP contribution in [0.1, 0.15) is 99.9 Å². The topological polar surface area (TPSA) is 268 Å². The molecule has 4 bridgehead atoms. The Morgan fingerprint density at radius 3 is 2.10 bits per heavy atom. The maximum absolute atomic E-state index is 14.4. The molecule has 4 aromatic rings. The van der Waals surface area contributed by atoms with Crippen molar-refractivity contribution in [3.63, 3.8) is 0 Å². The summed E-state index contributed by atoms with van der Waals surface area (Å²) in [6, 6.07) is 10.7. The van der Waals surface area contributed by atoms with Crippen molar-refractivity contribution in [3.05, 3.63) is 88.2 Å². The summed E-state index contributed by atoms with van der Waals surface area (Å²) in [7, 11) is 1.33. The van der Waals surface area contributed by atoms with E-state index in [9.17, 15) is 43.8 Å². The molecule has 68 heavy (non-hydrogen) atoms. The summed E-state index contributed by atoms with van der Waals surface area (Å²) in [6.07, 6.45) is -1.01. The number of anilines is 1. The number of carboxylic acid groups (broad SMARTS) is 1. The van der Waals surface area contributed by atoms with Crippen LogP contribution in [-0.2, 0) is 40.5 Å². The number of phenols is 1. The molecule has 1 aliphatic rings.